The number of aliphatic carboxylic acids is 1. The molecule has 1 heterocycles. The molecule has 0 bridgehead atoms. The molecule has 102 valence electrons. The number of rotatable bonds is 2. The quantitative estimate of drug-likeness (QED) is 0.785. The van der Waals surface area contributed by atoms with Crippen LogP contribution >= 0.6 is 0 Å². The summed E-state index contributed by atoms with van der Waals surface area (Å²) in [4.78, 5) is 24.7. The number of carbonyl (C=O) groups excluding carboxylic acids is 1. The van der Waals surface area contributed by atoms with Crippen molar-refractivity contribution >= 4 is 12.0 Å². The maximum Gasteiger partial charge on any atom is 0.317 e. The summed E-state index contributed by atoms with van der Waals surface area (Å²) in [5.74, 6) is -0.651. The van der Waals surface area contributed by atoms with E-state index >= 15 is 0 Å². The van der Waals surface area contributed by atoms with Crippen LogP contribution in [0.5, 0.6) is 0 Å². The lowest BCUT2D eigenvalue weighted by Crippen LogP contribution is -2.45. The van der Waals surface area contributed by atoms with Crippen molar-refractivity contribution in [1.82, 2.24) is 10.2 Å². The molecular weight excluding hydrogens is 232 g/mol. The van der Waals surface area contributed by atoms with Gasteiger partial charge in [0.05, 0.1) is 5.92 Å². The van der Waals surface area contributed by atoms with Crippen molar-refractivity contribution in [2.75, 3.05) is 13.1 Å². The smallest absolute Gasteiger partial charge is 0.317 e. The van der Waals surface area contributed by atoms with E-state index in [4.69, 9.17) is 5.11 Å². The van der Waals surface area contributed by atoms with E-state index in [1.54, 1.807) is 4.90 Å². The largest absolute Gasteiger partial charge is 0.481 e. The molecule has 2 fully saturated rings. The van der Waals surface area contributed by atoms with Gasteiger partial charge in [-0.2, -0.15) is 0 Å². The van der Waals surface area contributed by atoms with Crippen molar-refractivity contribution in [2.24, 2.45) is 17.8 Å². The normalized spacial score (nSPS) is 35.8. The van der Waals surface area contributed by atoms with Crippen molar-refractivity contribution in [3.05, 3.63) is 0 Å². The van der Waals surface area contributed by atoms with Crippen LogP contribution in [0.1, 0.15) is 33.1 Å². The van der Waals surface area contributed by atoms with Crippen LogP contribution in [0.2, 0.25) is 0 Å². The average molecular weight is 254 g/mol. The van der Waals surface area contributed by atoms with Gasteiger partial charge in [-0.15, -0.1) is 0 Å². The SMILES string of the molecule is CC1CCCC1NC(=O)N1C[C@@H](C)[C@H](C(=O)O)C1. The van der Waals surface area contributed by atoms with Crippen LogP contribution in [0, 0.1) is 17.8 Å². The Morgan fingerprint density at radius 2 is 1.89 bits per heavy atom. The van der Waals surface area contributed by atoms with Crippen molar-refractivity contribution in [2.45, 2.75) is 39.2 Å². The van der Waals surface area contributed by atoms with E-state index in [0.717, 1.165) is 6.42 Å². The molecular formula is C13H22N2O3. The third-order valence-electron chi connectivity index (χ3n) is 4.39. The maximum atomic E-state index is 12.1. The molecule has 2 aliphatic rings. The van der Waals surface area contributed by atoms with E-state index in [1.165, 1.54) is 12.8 Å². The minimum Gasteiger partial charge on any atom is -0.481 e. The Labute approximate surface area is 108 Å². The van der Waals surface area contributed by atoms with Gasteiger partial charge in [-0.3, -0.25) is 4.79 Å². The summed E-state index contributed by atoms with van der Waals surface area (Å²) in [5.41, 5.74) is 0. The fourth-order valence-corrected chi connectivity index (χ4v) is 3.06. The lowest BCUT2D eigenvalue weighted by atomic mass is 9.99. The number of carboxylic acid groups (broad SMARTS) is 1. The third-order valence-corrected chi connectivity index (χ3v) is 4.39. The maximum absolute atomic E-state index is 12.1. The second-order valence-corrected chi connectivity index (χ2v) is 5.79. The van der Waals surface area contributed by atoms with Gasteiger partial charge < -0.3 is 15.3 Å². The molecule has 2 amide bonds. The number of carboxylic acids is 1. The topological polar surface area (TPSA) is 69.6 Å². The van der Waals surface area contributed by atoms with Crippen LogP contribution in [0.4, 0.5) is 4.79 Å². The molecule has 1 aliphatic carbocycles. The summed E-state index contributed by atoms with van der Waals surface area (Å²) in [6.07, 6.45) is 3.37. The van der Waals surface area contributed by atoms with Gasteiger partial charge in [0.1, 0.15) is 0 Å². The van der Waals surface area contributed by atoms with E-state index in [9.17, 15) is 9.59 Å². The zero-order valence-corrected chi connectivity index (χ0v) is 11.1. The van der Waals surface area contributed by atoms with E-state index in [2.05, 4.69) is 12.2 Å². The molecule has 5 heteroatoms. The number of likely N-dealkylation sites (tertiary alicyclic amines) is 1. The standard InChI is InChI=1S/C13H22N2O3/c1-8-4-3-5-11(8)14-13(18)15-6-9(2)10(7-15)12(16)17/h8-11H,3-7H2,1-2H3,(H,14,18)(H,16,17)/t8?,9-,10-,11?/m1/s1. The second kappa shape index (κ2) is 5.16. The fourth-order valence-electron chi connectivity index (χ4n) is 3.06. The average Bonchev–Trinajstić information content (AvgIpc) is 2.86. The number of carbonyl (C=O) groups is 2. The molecule has 0 radical (unpaired) electrons. The van der Waals surface area contributed by atoms with Gasteiger partial charge in [-0.05, 0) is 24.7 Å². The first-order chi connectivity index (χ1) is 8.49. The monoisotopic (exact) mass is 254 g/mol. The Morgan fingerprint density at radius 3 is 2.39 bits per heavy atom. The highest BCUT2D eigenvalue weighted by atomic mass is 16.4. The van der Waals surface area contributed by atoms with Gasteiger partial charge in [-0.25, -0.2) is 4.79 Å². The summed E-state index contributed by atoms with van der Waals surface area (Å²) < 4.78 is 0. The van der Waals surface area contributed by atoms with Gasteiger partial charge >= 0.3 is 12.0 Å². The predicted octanol–water partition coefficient (Wildman–Crippen LogP) is 1.54. The zero-order valence-electron chi connectivity index (χ0n) is 11.1. The molecule has 0 aromatic heterocycles. The molecule has 1 saturated heterocycles. The molecule has 18 heavy (non-hydrogen) atoms. The first-order valence-electron chi connectivity index (χ1n) is 6.77. The minimum atomic E-state index is -0.799. The number of nitrogens with zero attached hydrogens (tertiary/aromatic N) is 1. The molecule has 0 aromatic carbocycles. The van der Waals surface area contributed by atoms with Crippen LogP contribution in [0.15, 0.2) is 0 Å². The lowest BCUT2D eigenvalue weighted by molar-refractivity contribution is -0.142. The Morgan fingerprint density at radius 1 is 1.17 bits per heavy atom. The van der Waals surface area contributed by atoms with Crippen LogP contribution in [0.25, 0.3) is 0 Å². The molecule has 2 unspecified atom stereocenters. The van der Waals surface area contributed by atoms with E-state index in [1.807, 2.05) is 6.92 Å². The highest BCUT2D eigenvalue weighted by molar-refractivity contribution is 5.77. The summed E-state index contributed by atoms with van der Waals surface area (Å²) >= 11 is 0. The number of nitrogens with one attached hydrogen (secondary N) is 1. The number of urea groups is 1. The third kappa shape index (κ3) is 2.60. The molecule has 1 aliphatic heterocycles. The zero-order chi connectivity index (χ0) is 13.3. The fraction of sp³-hybridized carbons (Fsp3) is 0.846. The van der Waals surface area contributed by atoms with Crippen molar-refractivity contribution in [3.63, 3.8) is 0 Å². The molecule has 1 saturated carbocycles. The molecule has 5 nitrogen and oxygen atoms in total. The van der Waals surface area contributed by atoms with Crippen LogP contribution in [-0.2, 0) is 4.79 Å². The van der Waals surface area contributed by atoms with Gasteiger partial charge in [-0.1, -0.05) is 20.3 Å². The molecule has 0 aromatic rings. The second-order valence-electron chi connectivity index (χ2n) is 5.79. The lowest BCUT2D eigenvalue weighted by Gasteiger charge is -2.22. The van der Waals surface area contributed by atoms with E-state index in [-0.39, 0.29) is 18.0 Å². The Bertz CT molecular complexity index is 345. The Kier molecular flexibility index (Phi) is 3.78. The summed E-state index contributed by atoms with van der Waals surface area (Å²) in [7, 11) is 0. The number of hydrogen-bond donors (Lipinski definition) is 2. The first kappa shape index (κ1) is 13.2. The highest BCUT2D eigenvalue weighted by Crippen LogP contribution is 2.26. The summed E-state index contributed by atoms with van der Waals surface area (Å²) in [5, 5.41) is 12.1. The van der Waals surface area contributed by atoms with Crippen molar-refractivity contribution in [3.8, 4) is 0 Å². The van der Waals surface area contributed by atoms with Gasteiger partial charge in [0.2, 0.25) is 0 Å². The first-order valence-corrected chi connectivity index (χ1v) is 6.77. The summed E-state index contributed by atoms with van der Waals surface area (Å²) in [6.45, 7) is 4.93. The van der Waals surface area contributed by atoms with Gasteiger partial charge in [0.25, 0.3) is 0 Å². The molecule has 0 spiro atoms. The van der Waals surface area contributed by atoms with Crippen molar-refractivity contribution in [1.29, 1.82) is 0 Å². The van der Waals surface area contributed by atoms with Crippen molar-refractivity contribution < 1.29 is 14.7 Å². The molecule has 4 atom stereocenters. The van der Waals surface area contributed by atoms with E-state index < -0.39 is 11.9 Å². The minimum absolute atomic E-state index is 0.0363. The number of amides is 2. The highest BCUT2D eigenvalue weighted by Gasteiger charge is 2.38. The Hall–Kier alpha value is -1.26. The Balaban J connectivity index is 1.89. The predicted molar refractivity (Wildman–Crippen MR) is 67.2 cm³/mol. The van der Waals surface area contributed by atoms with Crippen LogP contribution in [-0.4, -0.2) is 41.1 Å². The van der Waals surface area contributed by atoms with Gasteiger partial charge in [0.15, 0.2) is 0 Å². The van der Waals surface area contributed by atoms with Crippen LogP contribution < -0.4 is 5.32 Å². The van der Waals surface area contributed by atoms with Crippen LogP contribution in [0.3, 0.4) is 0 Å². The number of hydrogen-bond acceptors (Lipinski definition) is 2. The summed E-state index contributed by atoms with van der Waals surface area (Å²) in [6, 6.07) is 0.168. The van der Waals surface area contributed by atoms with Gasteiger partial charge in [0, 0.05) is 19.1 Å². The van der Waals surface area contributed by atoms with E-state index in [0.29, 0.717) is 19.0 Å². The molecule has 2 rings (SSSR count). The molecule has 2 N–H and O–H groups in total.